The Balaban J connectivity index is 1.72. The SMILES string of the molecule is Cc1ccc2nc(CN(C)c3ncnc4c3c(C)nn4C)[nH]c2c1. The molecule has 0 saturated carbocycles. The summed E-state index contributed by atoms with van der Waals surface area (Å²) < 4.78 is 1.79. The van der Waals surface area contributed by atoms with E-state index in [4.69, 9.17) is 0 Å². The average molecular weight is 321 g/mol. The van der Waals surface area contributed by atoms with E-state index in [0.29, 0.717) is 6.54 Å². The molecule has 0 radical (unpaired) electrons. The molecule has 1 N–H and O–H groups in total. The molecule has 0 spiro atoms. The molecule has 0 aliphatic rings. The molecule has 0 aliphatic carbocycles. The van der Waals surface area contributed by atoms with Crippen LogP contribution in [0.25, 0.3) is 22.1 Å². The summed E-state index contributed by atoms with van der Waals surface area (Å²) in [5.41, 5.74) is 5.02. The fraction of sp³-hybridized carbons (Fsp3) is 0.294. The van der Waals surface area contributed by atoms with Crippen LogP contribution >= 0.6 is 0 Å². The van der Waals surface area contributed by atoms with Gasteiger partial charge in [-0.3, -0.25) is 4.68 Å². The van der Waals surface area contributed by atoms with Crippen molar-refractivity contribution in [3.8, 4) is 0 Å². The van der Waals surface area contributed by atoms with E-state index in [1.807, 2.05) is 27.1 Å². The first-order chi connectivity index (χ1) is 11.5. The monoisotopic (exact) mass is 321 g/mol. The molecule has 3 aromatic heterocycles. The van der Waals surface area contributed by atoms with Gasteiger partial charge in [-0.25, -0.2) is 15.0 Å². The smallest absolute Gasteiger partial charge is 0.163 e. The van der Waals surface area contributed by atoms with Crippen LogP contribution in [-0.4, -0.2) is 36.8 Å². The van der Waals surface area contributed by atoms with E-state index in [2.05, 4.69) is 49.0 Å². The topological polar surface area (TPSA) is 75.5 Å². The predicted octanol–water partition coefficient (Wildman–Crippen LogP) is 2.49. The Kier molecular flexibility index (Phi) is 3.23. The zero-order valence-electron chi connectivity index (χ0n) is 14.2. The van der Waals surface area contributed by atoms with Gasteiger partial charge in [-0.15, -0.1) is 0 Å². The van der Waals surface area contributed by atoms with Gasteiger partial charge in [0, 0.05) is 14.1 Å². The number of imidazole rings is 1. The molecule has 0 saturated heterocycles. The van der Waals surface area contributed by atoms with Gasteiger partial charge in [0.2, 0.25) is 0 Å². The molecule has 0 aliphatic heterocycles. The lowest BCUT2D eigenvalue weighted by atomic mass is 10.2. The molecule has 0 atom stereocenters. The van der Waals surface area contributed by atoms with Crippen LogP contribution in [0.4, 0.5) is 5.82 Å². The number of fused-ring (bicyclic) bond motifs is 2. The van der Waals surface area contributed by atoms with Crippen LogP contribution in [0.3, 0.4) is 0 Å². The summed E-state index contributed by atoms with van der Waals surface area (Å²) in [5.74, 6) is 1.77. The van der Waals surface area contributed by atoms with Crippen LogP contribution < -0.4 is 4.90 Å². The maximum absolute atomic E-state index is 4.67. The molecule has 3 heterocycles. The summed E-state index contributed by atoms with van der Waals surface area (Å²) in [6, 6.07) is 6.22. The highest BCUT2D eigenvalue weighted by molar-refractivity contribution is 5.89. The molecule has 122 valence electrons. The number of aromatic amines is 1. The Hall–Kier alpha value is -2.96. The van der Waals surface area contributed by atoms with Gasteiger partial charge in [-0.05, 0) is 31.5 Å². The zero-order chi connectivity index (χ0) is 16.8. The highest BCUT2D eigenvalue weighted by Gasteiger charge is 2.16. The predicted molar refractivity (Wildman–Crippen MR) is 94.0 cm³/mol. The number of benzene rings is 1. The summed E-state index contributed by atoms with van der Waals surface area (Å²) in [7, 11) is 3.90. The van der Waals surface area contributed by atoms with Gasteiger partial charge >= 0.3 is 0 Å². The fourth-order valence-electron chi connectivity index (χ4n) is 3.10. The van der Waals surface area contributed by atoms with Gasteiger partial charge in [0.1, 0.15) is 18.0 Å². The number of nitrogens with zero attached hydrogens (tertiary/aromatic N) is 6. The Morgan fingerprint density at radius 3 is 2.88 bits per heavy atom. The first kappa shape index (κ1) is 14.6. The number of aryl methyl sites for hydroxylation is 3. The molecule has 1 aromatic carbocycles. The van der Waals surface area contributed by atoms with Gasteiger partial charge in [-0.1, -0.05) is 6.07 Å². The van der Waals surface area contributed by atoms with E-state index in [0.717, 1.165) is 39.4 Å². The largest absolute Gasteiger partial charge is 0.351 e. The van der Waals surface area contributed by atoms with Crippen molar-refractivity contribution in [3.63, 3.8) is 0 Å². The number of hydrogen-bond donors (Lipinski definition) is 1. The summed E-state index contributed by atoms with van der Waals surface area (Å²) in [5, 5.41) is 5.43. The number of nitrogens with one attached hydrogen (secondary N) is 1. The molecule has 7 heteroatoms. The normalized spacial score (nSPS) is 11.5. The minimum atomic E-state index is 0.633. The van der Waals surface area contributed by atoms with Crippen LogP contribution in [0.15, 0.2) is 24.5 Å². The number of rotatable bonds is 3. The molecule has 7 nitrogen and oxygen atoms in total. The fourth-order valence-corrected chi connectivity index (χ4v) is 3.10. The lowest BCUT2D eigenvalue weighted by molar-refractivity contribution is 0.773. The van der Waals surface area contributed by atoms with E-state index in [1.165, 1.54) is 5.56 Å². The molecule has 0 bridgehead atoms. The Bertz CT molecular complexity index is 1040. The van der Waals surface area contributed by atoms with Crippen molar-refractivity contribution in [2.45, 2.75) is 20.4 Å². The molecular weight excluding hydrogens is 302 g/mol. The second-order valence-electron chi connectivity index (χ2n) is 6.17. The number of aromatic nitrogens is 6. The summed E-state index contributed by atoms with van der Waals surface area (Å²) in [6.07, 6.45) is 1.58. The first-order valence-electron chi connectivity index (χ1n) is 7.83. The van der Waals surface area contributed by atoms with E-state index in [1.54, 1.807) is 11.0 Å². The maximum Gasteiger partial charge on any atom is 0.163 e. The molecule has 0 unspecified atom stereocenters. The quantitative estimate of drug-likeness (QED) is 0.627. The molecule has 4 aromatic rings. The highest BCUT2D eigenvalue weighted by Crippen LogP contribution is 2.25. The van der Waals surface area contributed by atoms with Crippen molar-refractivity contribution in [3.05, 3.63) is 41.6 Å². The number of H-pyrrole nitrogens is 1. The van der Waals surface area contributed by atoms with Gasteiger partial charge in [-0.2, -0.15) is 5.10 Å². The van der Waals surface area contributed by atoms with E-state index < -0.39 is 0 Å². The molecule has 0 fully saturated rings. The van der Waals surface area contributed by atoms with Gasteiger partial charge in [0.25, 0.3) is 0 Å². The van der Waals surface area contributed by atoms with E-state index >= 15 is 0 Å². The maximum atomic E-state index is 4.67. The van der Waals surface area contributed by atoms with Crippen molar-refractivity contribution >= 4 is 27.9 Å². The van der Waals surface area contributed by atoms with Crippen LogP contribution in [0.2, 0.25) is 0 Å². The lowest BCUT2D eigenvalue weighted by Gasteiger charge is -2.17. The van der Waals surface area contributed by atoms with E-state index in [-0.39, 0.29) is 0 Å². The Labute approximate surface area is 139 Å². The third kappa shape index (κ3) is 2.29. The Morgan fingerprint density at radius 2 is 2.04 bits per heavy atom. The summed E-state index contributed by atoms with van der Waals surface area (Å²) in [4.78, 5) is 18.9. The summed E-state index contributed by atoms with van der Waals surface area (Å²) in [6.45, 7) is 4.69. The molecule has 4 rings (SSSR count). The van der Waals surface area contributed by atoms with Gasteiger partial charge < -0.3 is 9.88 Å². The minimum Gasteiger partial charge on any atom is -0.351 e. The van der Waals surface area contributed by atoms with Crippen molar-refractivity contribution in [1.82, 2.24) is 29.7 Å². The minimum absolute atomic E-state index is 0.633. The third-order valence-electron chi connectivity index (χ3n) is 4.21. The molecular formula is C17H19N7. The Morgan fingerprint density at radius 1 is 1.21 bits per heavy atom. The van der Waals surface area contributed by atoms with Gasteiger partial charge in [0.15, 0.2) is 5.65 Å². The van der Waals surface area contributed by atoms with Crippen molar-refractivity contribution in [1.29, 1.82) is 0 Å². The third-order valence-corrected chi connectivity index (χ3v) is 4.21. The summed E-state index contributed by atoms with van der Waals surface area (Å²) >= 11 is 0. The van der Waals surface area contributed by atoms with Crippen molar-refractivity contribution < 1.29 is 0 Å². The standard InChI is InChI=1S/C17H19N7/c1-10-5-6-12-13(7-10)21-14(20-12)8-23(3)16-15-11(2)22-24(4)17(15)19-9-18-16/h5-7,9H,8H2,1-4H3,(H,20,21). The molecule has 0 amide bonds. The first-order valence-corrected chi connectivity index (χ1v) is 7.83. The molecule has 24 heavy (non-hydrogen) atoms. The van der Waals surface area contributed by atoms with Crippen LogP contribution in [0, 0.1) is 13.8 Å². The van der Waals surface area contributed by atoms with Crippen LogP contribution in [0.5, 0.6) is 0 Å². The lowest BCUT2D eigenvalue weighted by Crippen LogP contribution is -2.19. The van der Waals surface area contributed by atoms with Crippen LogP contribution in [0.1, 0.15) is 17.1 Å². The van der Waals surface area contributed by atoms with Gasteiger partial charge in [0.05, 0.1) is 28.7 Å². The number of hydrogen-bond acceptors (Lipinski definition) is 5. The zero-order valence-corrected chi connectivity index (χ0v) is 14.2. The van der Waals surface area contributed by atoms with Crippen LogP contribution in [-0.2, 0) is 13.6 Å². The average Bonchev–Trinajstić information content (AvgIpc) is 3.07. The second-order valence-corrected chi connectivity index (χ2v) is 6.17. The van der Waals surface area contributed by atoms with Crippen molar-refractivity contribution in [2.75, 3.05) is 11.9 Å². The highest BCUT2D eigenvalue weighted by atomic mass is 15.3. The van der Waals surface area contributed by atoms with Crippen molar-refractivity contribution in [2.24, 2.45) is 7.05 Å². The van der Waals surface area contributed by atoms with E-state index in [9.17, 15) is 0 Å². The number of anilines is 1. The second kappa shape index (κ2) is 5.30.